The van der Waals surface area contributed by atoms with Gasteiger partial charge in [0.1, 0.15) is 11.6 Å². The van der Waals surface area contributed by atoms with E-state index in [-0.39, 0.29) is 24.4 Å². The number of amides is 2. The van der Waals surface area contributed by atoms with Gasteiger partial charge >= 0.3 is 0 Å². The molecule has 0 atom stereocenters. The minimum absolute atomic E-state index is 0.0799. The zero-order valence-corrected chi connectivity index (χ0v) is 14.6. The Bertz CT molecular complexity index is 811. The third-order valence-corrected chi connectivity index (χ3v) is 4.27. The van der Waals surface area contributed by atoms with Crippen LogP contribution in [0.5, 0.6) is 0 Å². The first-order chi connectivity index (χ1) is 13.0. The van der Waals surface area contributed by atoms with Gasteiger partial charge in [0.25, 0.3) is 5.91 Å². The Hall–Kier alpha value is -3.10. The molecule has 0 aliphatic carbocycles. The third kappa shape index (κ3) is 4.75. The molecule has 1 aromatic heterocycles. The van der Waals surface area contributed by atoms with Crippen LogP contribution in [0, 0.1) is 11.6 Å². The van der Waals surface area contributed by atoms with Crippen LogP contribution < -0.4 is 10.2 Å². The Morgan fingerprint density at radius 1 is 1.07 bits per heavy atom. The van der Waals surface area contributed by atoms with Crippen molar-refractivity contribution in [2.75, 3.05) is 37.6 Å². The molecule has 1 N–H and O–H groups in total. The van der Waals surface area contributed by atoms with Gasteiger partial charge in [0.2, 0.25) is 11.9 Å². The highest BCUT2D eigenvalue weighted by Crippen LogP contribution is 2.11. The molecule has 0 saturated carbocycles. The molecule has 1 aliphatic heterocycles. The van der Waals surface area contributed by atoms with Crippen molar-refractivity contribution in [3.63, 3.8) is 0 Å². The molecule has 27 heavy (non-hydrogen) atoms. The van der Waals surface area contributed by atoms with Gasteiger partial charge in [0.15, 0.2) is 0 Å². The fourth-order valence-electron chi connectivity index (χ4n) is 2.82. The molecule has 7 nitrogen and oxygen atoms in total. The minimum Gasteiger partial charge on any atom is -0.351 e. The lowest BCUT2D eigenvalue weighted by Gasteiger charge is -2.34. The van der Waals surface area contributed by atoms with E-state index < -0.39 is 17.5 Å². The average Bonchev–Trinajstić information content (AvgIpc) is 2.68. The van der Waals surface area contributed by atoms with Crippen molar-refractivity contribution in [3.05, 3.63) is 53.9 Å². The van der Waals surface area contributed by atoms with Gasteiger partial charge in [-0.05, 0) is 18.2 Å². The lowest BCUT2D eigenvalue weighted by Crippen LogP contribution is -2.49. The predicted molar refractivity (Wildman–Crippen MR) is 94.1 cm³/mol. The van der Waals surface area contributed by atoms with Crippen molar-refractivity contribution >= 4 is 17.8 Å². The quantitative estimate of drug-likeness (QED) is 0.850. The summed E-state index contributed by atoms with van der Waals surface area (Å²) in [6.07, 6.45) is 3.45. The van der Waals surface area contributed by atoms with Gasteiger partial charge in [-0.3, -0.25) is 9.59 Å². The summed E-state index contributed by atoms with van der Waals surface area (Å²) in [6.45, 7) is 2.41. The molecule has 0 bridgehead atoms. The van der Waals surface area contributed by atoms with Gasteiger partial charge in [-0.25, -0.2) is 18.7 Å². The summed E-state index contributed by atoms with van der Waals surface area (Å²) in [5.74, 6) is -1.81. The fraction of sp³-hybridized carbons (Fsp3) is 0.333. The van der Waals surface area contributed by atoms with Crippen molar-refractivity contribution in [3.8, 4) is 0 Å². The van der Waals surface area contributed by atoms with Crippen molar-refractivity contribution in [2.45, 2.75) is 6.42 Å². The van der Waals surface area contributed by atoms with E-state index in [0.29, 0.717) is 38.2 Å². The molecule has 142 valence electrons. The van der Waals surface area contributed by atoms with Gasteiger partial charge in [-0.1, -0.05) is 0 Å². The monoisotopic (exact) mass is 375 g/mol. The molecule has 0 unspecified atom stereocenters. The van der Waals surface area contributed by atoms with Gasteiger partial charge in [0.05, 0.1) is 5.56 Å². The Kier molecular flexibility index (Phi) is 5.90. The van der Waals surface area contributed by atoms with Gasteiger partial charge < -0.3 is 15.1 Å². The maximum atomic E-state index is 13.6. The molecule has 3 rings (SSSR count). The number of anilines is 1. The summed E-state index contributed by atoms with van der Waals surface area (Å²) < 4.78 is 26.4. The van der Waals surface area contributed by atoms with Gasteiger partial charge in [-0.15, -0.1) is 0 Å². The topological polar surface area (TPSA) is 78.4 Å². The van der Waals surface area contributed by atoms with E-state index in [0.717, 1.165) is 12.1 Å². The normalized spacial score (nSPS) is 14.1. The number of benzene rings is 1. The highest BCUT2D eigenvalue weighted by Gasteiger charge is 2.22. The number of halogens is 2. The van der Waals surface area contributed by atoms with Crippen molar-refractivity contribution in [1.29, 1.82) is 0 Å². The molecule has 9 heteroatoms. The lowest BCUT2D eigenvalue weighted by molar-refractivity contribution is -0.131. The maximum Gasteiger partial charge on any atom is 0.254 e. The van der Waals surface area contributed by atoms with Crippen LogP contribution in [-0.2, 0) is 4.79 Å². The number of hydrogen-bond donors (Lipinski definition) is 1. The molecular formula is C18H19F2N5O2. The zero-order valence-electron chi connectivity index (χ0n) is 14.6. The van der Waals surface area contributed by atoms with E-state index in [9.17, 15) is 18.4 Å². The third-order valence-electron chi connectivity index (χ3n) is 4.27. The molecule has 2 aromatic rings. The summed E-state index contributed by atoms with van der Waals surface area (Å²) >= 11 is 0. The van der Waals surface area contributed by atoms with E-state index in [1.54, 1.807) is 23.4 Å². The van der Waals surface area contributed by atoms with Crippen molar-refractivity contribution in [2.24, 2.45) is 0 Å². The first kappa shape index (κ1) is 18.7. The number of rotatable bonds is 5. The van der Waals surface area contributed by atoms with E-state index in [4.69, 9.17) is 0 Å². The standard InChI is InChI=1S/C18H19F2N5O2/c19-13-2-3-14(15(20)12-13)17(27)21-7-4-16(26)24-8-10-25(11-9-24)18-22-5-1-6-23-18/h1-3,5-6,12H,4,7-11H2,(H,21,27). The SMILES string of the molecule is O=C(NCCC(=O)N1CCN(c2ncccn2)CC1)c1ccc(F)cc1F. The van der Waals surface area contributed by atoms with Crippen LogP contribution in [0.25, 0.3) is 0 Å². The molecule has 1 fully saturated rings. The number of piperazine rings is 1. The predicted octanol–water partition coefficient (Wildman–Crippen LogP) is 1.22. The van der Waals surface area contributed by atoms with Gasteiger partial charge in [-0.2, -0.15) is 0 Å². The first-order valence-corrected chi connectivity index (χ1v) is 8.57. The largest absolute Gasteiger partial charge is 0.351 e. The molecule has 1 aromatic carbocycles. The number of carbonyl (C=O) groups is 2. The summed E-state index contributed by atoms with van der Waals surface area (Å²) in [5, 5.41) is 2.48. The Balaban J connectivity index is 1.43. The van der Waals surface area contributed by atoms with Crippen LogP contribution in [0.1, 0.15) is 16.8 Å². The Morgan fingerprint density at radius 3 is 2.44 bits per heavy atom. The molecule has 1 aliphatic rings. The van der Waals surface area contributed by atoms with Crippen LogP contribution >= 0.6 is 0 Å². The van der Waals surface area contributed by atoms with Gasteiger partial charge in [0, 0.05) is 57.6 Å². The Morgan fingerprint density at radius 2 is 1.78 bits per heavy atom. The number of hydrogen-bond acceptors (Lipinski definition) is 5. The van der Waals surface area contributed by atoms with Crippen LogP contribution in [0.4, 0.5) is 14.7 Å². The van der Waals surface area contributed by atoms with E-state index in [1.807, 2.05) is 4.90 Å². The van der Waals surface area contributed by atoms with Crippen LogP contribution in [-0.4, -0.2) is 59.4 Å². The smallest absolute Gasteiger partial charge is 0.254 e. The van der Waals surface area contributed by atoms with E-state index in [1.165, 1.54) is 0 Å². The molecule has 2 amide bonds. The zero-order chi connectivity index (χ0) is 19.2. The number of carbonyl (C=O) groups excluding carboxylic acids is 2. The summed E-state index contributed by atoms with van der Waals surface area (Å²) in [7, 11) is 0. The molecule has 0 radical (unpaired) electrons. The molecule has 2 heterocycles. The molecule has 1 saturated heterocycles. The first-order valence-electron chi connectivity index (χ1n) is 8.57. The van der Waals surface area contributed by atoms with Crippen LogP contribution in [0.15, 0.2) is 36.7 Å². The van der Waals surface area contributed by atoms with E-state index >= 15 is 0 Å². The van der Waals surface area contributed by atoms with Crippen molar-refractivity contribution in [1.82, 2.24) is 20.2 Å². The Labute approximate surface area is 155 Å². The maximum absolute atomic E-state index is 13.6. The second kappa shape index (κ2) is 8.52. The van der Waals surface area contributed by atoms with Crippen LogP contribution in [0.3, 0.4) is 0 Å². The summed E-state index contributed by atoms with van der Waals surface area (Å²) in [6, 6.07) is 4.48. The lowest BCUT2D eigenvalue weighted by atomic mass is 10.2. The summed E-state index contributed by atoms with van der Waals surface area (Å²) in [5.41, 5.74) is -0.250. The number of nitrogens with one attached hydrogen (secondary N) is 1. The number of nitrogens with zero attached hydrogens (tertiary/aromatic N) is 4. The van der Waals surface area contributed by atoms with E-state index in [2.05, 4.69) is 15.3 Å². The highest BCUT2D eigenvalue weighted by molar-refractivity contribution is 5.94. The minimum atomic E-state index is -0.932. The fourth-order valence-corrected chi connectivity index (χ4v) is 2.82. The highest BCUT2D eigenvalue weighted by atomic mass is 19.1. The van der Waals surface area contributed by atoms with Crippen molar-refractivity contribution < 1.29 is 18.4 Å². The number of aromatic nitrogens is 2. The second-order valence-corrected chi connectivity index (χ2v) is 6.05. The molecular weight excluding hydrogens is 356 g/mol. The second-order valence-electron chi connectivity index (χ2n) is 6.05. The molecule has 0 spiro atoms. The van der Waals surface area contributed by atoms with Crippen LogP contribution in [0.2, 0.25) is 0 Å². The average molecular weight is 375 g/mol. The summed E-state index contributed by atoms with van der Waals surface area (Å²) in [4.78, 5) is 36.3.